The lowest BCUT2D eigenvalue weighted by molar-refractivity contribution is -0.130. The molecular weight excluding hydrogens is 346 g/mol. The maximum atomic E-state index is 12.3. The Bertz CT molecular complexity index is 788. The highest BCUT2D eigenvalue weighted by Crippen LogP contribution is 2.18. The highest BCUT2D eigenvalue weighted by Gasteiger charge is 2.15. The summed E-state index contributed by atoms with van der Waals surface area (Å²) in [7, 11) is 3.23. The first-order chi connectivity index (χ1) is 11.9. The zero-order chi connectivity index (χ0) is 18.4. The van der Waals surface area contributed by atoms with Crippen LogP contribution < -0.4 is 10.1 Å². The van der Waals surface area contributed by atoms with Crippen molar-refractivity contribution in [3.8, 4) is 5.75 Å². The molecule has 0 unspecified atom stereocenters. The predicted octanol–water partition coefficient (Wildman–Crippen LogP) is 1.24. The maximum Gasteiger partial charge on any atom is 0.355 e. The molecule has 2 N–H and O–H groups in total. The number of hydrogen-bond acceptors (Lipinski definition) is 6. The number of carboxylic acid groups (broad SMARTS) is 1. The van der Waals surface area contributed by atoms with Gasteiger partial charge in [0, 0.05) is 19.5 Å². The van der Waals surface area contributed by atoms with E-state index >= 15 is 0 Å². The number of aromatic carboxylic acids is 1. The molecule has 1 heterocycles. The summed E-state index contributed by atoms with van der Waals surface area (Å²) in [6.07, 6.45) is 0. The molecule has 0 saturated heterocycles. The summed E-state index contributed by atoms with van der Waals surface area (Å²) in [6.45, 7) is -0.0759. The lowest BCUT2D eigenvalue weighted by Crippen LogP contribution is -2.28. The Morgan fingerprint density at radius 3 is 2.64 bits per heavy atom. The molecule has 0 bridgehead atoms. The van der Waals surface area contributed by atoms with Gasteiger partial charge in [-0.15, -0.1) is 11.3 Å². The molecular formula is C16H17N3O5S. The van der Waals surface area contributed by atoms with E-state index in [2.05, 4.69) is 10.3 Å². The lowest BCUT2D eigenvalue weighted by Gasteiger charge is -2.13. The SMILES string of the molecule is CN(C)C(=O)COc1ccccc1C(=O)NCc1nc(C(=O)O)cs1. The highest BCUT2D eigenvalue weighted by atomic mass is 32.1. The van der Waals surface area contributed by atoms with E-state index in [1.165, 1.54) is 10.3 Å². The summed E-state index contributed by atoms with van der Waals surface area (Å²) >= 11 is 1.15. The van der Waals surface area contributed by atoms with Crippen LogP contribution in [0.15, 0.2) is 29.6 Å². The second-order valence-electron chi connectivity index (χ2n) is 5.19. The Labute approximate surface area is 148 Å². The fourth-order valence-corrected chi connectivity index (χ4v) is 2.50. The molecule has 1 aromatic heterocycles. The number of carbonyl (C=O) groups excluding carboxylic acids is 2. The molecule has 132 valence electrons. The predicted molar refractivity (Wildman–Crippen MR) is 90.9 cm³/mol. The molecule has 0 atom stereocenters. The topological polar surface area (TPSA) is 109 Å². The molecule has 1 aromatic carbocycles. The third-order valence-corrected chi connectivity index (χ3v) is 4.00. The van der Waals surface area contributed by atoms with Crippen molar-refractivity contribution in [1.29, 1.82) is 0 Å². The number of ether oxygens (including phenoxy) is 1. The standard InChI is InChI=1S/C16H17N3O5S/c1-19(2)14(20)8-24-12-6-4-3-5-10(12)15(21)17-7-13-18-11(9-25-13)16(22)23/h3-6,9H,7-8H2,1-2H3,(H,17,21)(H,22,23). The quantitative estimate of drug-likeness (QED) is 0.766. The van der Waals surface area contributed by atoms with Crippen molar-refractivity contribution in [1.82, 2.24) is 15.2 Å². The number of carbonyl (C=O) groups is 3. The molecule has 2 amide bonds. The Morgan fingerprint density at radius 1 is 1.28 bits per heavy atom. The van der Waals surface area contributed by atoms with Crippen LogP contribution in [0.4, 0.5) is 0 Å². The second-order valence-corrected chi connectivity index (χ2v) is 6.13. The average molecular weight is 363 g/mol. The summed E-state index contributed by atoms with van der Waals surface area (Å²) in [5.74, 6) is -1.45. The van der Waals surface area contributed by atoms with Crippen LogP contribution >= 0.6 is 11.3 Å². The van der Waals surface area contributed by atoms with Gasteiger partial charge in [-0.2, -0.15) is 0 Å². The molecule has 2 aromatic rings. The number of carboxylic acids is 1. The van der Waals surface area contributed by atoms with Gasteiger partial charge in [0.2, 0.25) is 0 Å². The second kappa shape index (κ2) is 8.25. The third-order valence-electron chi connectivity index (χ3n) is 3.15. The molecule has 0 aliphatic carbocycles. The maximum absolute atomic E-state index is 12.3. The van der Waals surface area contributed by atoms with E-state index in [1.807, 2.05) is 0 Å². The van der Waals surface area contributed by atoms with Gasteiger partial charge in [0.05, 0.1) is 12.1 Å². The third kappa shape index (κ3) is 5.01. The van der Waals surface area contributed by atoms with Crippen molar-refractivity contribution in [3.05, 3.63) is 45.9 Å². The normalized spacial score (nSPS) is 10.2. The Balaban J connectivity index is 2.01. The van der Waals surface area contributed by atoms with E-state index in [4.69, 9.17) is 9.84 Å². The van der Waals surface area contributed by atoms with Gasteiger partial charge in [-0.25, -0.2) is 9.78 Å². The number of amides is 2. The molecule has 0 aliphatic heterocycles. The first-order valence-corrected chi connectivity index (χ1v) is 8.14. The van der Waals surface area contributed by atoms with Gasteiger partial charge in [-0.1, -0.05) is 12.1 Å². The van der Waals surface area contributed by atoms with Crippen molar-refractivity contribution in [2.45, 2.75) is 6.54 Å². The number of hydrogen-bond donors (Lipinski definition) is 2. The van der Waals surface area contributed by atoms with Gasteiger partial charge in [0.25, 0.3) is 11.8 Å². The summed E-state index contributed by atoms with van der Waals surface area (Å²) in [5, 5.41) is 13.4. The molecule has 8 nitrogen and oxygen atoms in total. The Hall–Kier alpha value is -2.94. The number of likely N-dealkylation sites (N-methyl/N-ethyl adjacent to an activating group) is 1. The largest absolute Gasteiger partial charge is 0.483 e. The first-order valence-electron chi connectivity index (χ1n) is 7.26. The molecule has 0 radical (unpaired) electrons. The number of nitrogens with zero attached hydrogens (tertiary/aromatic N) is 2. The van der Waals surface area contributed by atoms with Crippen LogP contribution in [0.2, 0.25) is 0 Å². The summed E-state index contributed by atoms with van der Waals surface area (Å²) in [6, 6.07) is 6.56. The van der Waals surface area contributed by atoms with Crippen LogP contribution in [0.3, 0.4) is 0 Å². The first kappa shape index (κ1) is 18.4. The number of para-hydroxylation sites is 1. The molecule has 25 heavy (non-hydrogen) atoms. The molecule has 9 heteroatoms. The van der Waals surface area contributed by atoms with Crippen LogP contribution in [-0.4, -0.2) is 53.5 Å². The molecule has 0 spiro atoms. The Morgan fingerprint density at radius 2 is 2.00 bits per heavy atom. The average Bonchev–Trinajstić information content (AvgIpc) is 3.07. The molecule has 0 fully saturated rings. The van der Waals surface area contributed by atoms with Crippen LogP contribution in [0, 0.1) is 0 Å². The molecule has 2 rings (SSSR count). The van der Waals surface area contributed by atoms with Gasteiger partial charge in [0.1, 0.15) is 10.8 Å². The zero-order valence-corrected chi connectivity index (χ0v) is 14.5. The molecule has 0 saturated carbocycles. The number of aromatic nitrogens is 1. The summed E-state index contributed by atoms with van der Waals surface area (Å²) < 4.78 is 5.43. The van der Waals surface area contributed by atoms with Gasteiger partial charge >= 0.3 is 5.97 Å². The van der Waals surface area contributed by atoms with E-state index in [1.54, 1.807) is 38.4 Å². The van der Waals surface area contributed by atoms with Gasteiger partial charge < -0.3 is 20.1 Å². The van der Waals surface area contributed by atoms with E-state index in [-0.39, 0.29) is 30.3 Å². The van der Waals surface area contributed by atoms with Crippen molar-refractivity contribution < 1.29 is 24.2 Å². The van der Waals surface area contributed by atoms with Crippen LogP contribution in [0.1, 0.15) is 25.9 Å². The number of nitrogens with one attached hydrogen (secondary N) is 1. The van der Waals surface area contributed by atoms with Gasteiger partial charge in [-0.3, -0.25) is 9.59 Å². The molecule has 0 aliphatic rings. The van der Waals surface area contributed by atoms with Crippen LogP contribution in [0.5, 0.6) is 5.75 Å². The lowest BCUT2D eigenvalue weighted by atomic mass is 10.2. The number of rotatable bonds is 7. The minimum Gasteiger partial charge on any atom is -0.483 e. The minimum absolute atomic E-state index is 0.0554. The fourth-order valence-electron chi connectivity index (χ4n) is 1.79. The zero-order valence-electron chi connectivity index (χ0n) is 13.7. The number of benzene rings is 1. The number of thiazole rings is 1. The van der Waals surface area contributed by atoms with Crippen LogP contribution in [0.25, 0.3) is 0 Å². The monoisotopic (exact) mass is 363 g/mol. The van der Waals surface area contributed by atoms with Crippen molar-refractivity contribution in [3.63, 3.8) is 0 Å². The summed E-state index contributed by atoms with van der Waals surface area (Å²) in [4.78, 5) is 40.0. The van der Waals surface area contributed by atoms with Crippen molar-refractivity contribution in [2.24, 2.45) is 0 Å². The van der Waals surface area contributed by atoms with Gasteiger partial charge in [0.15, 0.2) is 12.3 Å². The van der Waals surface area contributed by atoms with E-state index in [0.29, 0.717) is 10.8 Å². The highest BCUT2D eigenvalue weighted by molar-refractivity contribution is 7.09. The van der Waals surface area contributed by atoms with E-state index < -0.39 is 11.9 Å². The van der Waals surface area contributed by atoms with Crippen LogP contribution in [-0.2, 0) is 11.3 Å². The van der Waals surface area contributed by atoms with Gasteiger partial charge in [-0.05, 0) is 12.1 Å². The summed E-state index contributed by atoms with van der Waals surface area (Å²) in [5.41, 5.74) is 0.226. The fraction of sp³-hybridized carbons (Fsp3) is 0.250. The smallest absolute Gasteiger partial charge is 0.355 e. The minimum atomic E-state index is -1.11. The van der Waals surface area contributed by atoms with E-state index in [0.717, 1.165) is 11.3 Å². The van der Waals surface area contributed by atoms with E-state index in [9.17, 15) is 14.4 Å². The van der Waals surface area contributed by atoms with Crippen molar-refractivity contribution >= 4 is 29.1 Å². The van der Waals surface area contributed by atoms with Crippen molar-refractivity contribution in [2.75, 3.05) is 20.7 Å². The Kier molecular flexibility index (Phi) is 6.07.